The molecule has 0 aliphatic rings. The number of hydrogen-bond donors (Lipinski definition) is 1. The summed E-state index contributed by atoms with van der Waals surface area (Å²) in [7, 11) is 0. The Labute approximate surface area is 112 Å². The van der Waals surface area contributed by atoms with Crippen LogP contribution in [0.1, 0.15) is 22.5 Å². The smallest absolute Gasteiger partial charge is 0.289 e. The van der Waals surface area contributed by atoms with E-state index in [-0.39, 0.29) is 5.91 Å². The molecule has 0 atom stereocenters. The van der Waals surface area contributed by atoms with Crippen LogP contribution in [0, 0.1) is 0 Å². The van der Waals surface area contributed by atoms with Crippen molar-refractivity contribution in [1.29, 1.82) is 0 Å². The number of nitrogens with zero attached hydrogens (tertiary/aromatic N) is 1. The SMILES string of the molecule is NCCCN(Cc1ccccc1)C(=O)c1ccco1. The molecule has 1 heterocycles. The van der Waals surface area contributed by atoms with Gasteiger partial charge in [0.25, 0.3) is 5.91 Å². The summed E-state index contributed by atoms with van der Waals surface area (Å²) in [6.45, 7) is 1.77. The Morgan fingerprint density at radius 1 is 1.16 bits per heavy atom. The molecule has 0 spiro atoms. The predicted molar refractivity (Wildman–Crippen MR) is 73.6 cm³/mol. The second kappa shape index (κ2) is 6.75. The molecule has 1 aromatic heterocycles. The van der Waals surface area contributed by atoms with Gasteiger partial charge in [-0.25, -0.2) is 0 Å². The standard InChI is InChI=1S/C15H18N2O2/c16-9-5-10-17(12-13-6-2-1-3-7-13)15(18)14-8-4-11-19-14/h1-4,6-8,11H,5,9-10,12,16H2. The van der Waals surface area contributed by atoms with Crippen LogP contribution in [0.2, 0.25) is 0 Å². The average Bonchev–Trinajstić information content (AvgIpc) is 2.98. The monoisotopic (exact) mass is 258 g/mol. The Bertz CT molecular complexity index is 494. The van der Waals surface area contributed by atoms with Crippen molar-refractivity contribution < 1.29 is 9.21 Å². The average molecular weight is 258 g/mol. The molecule has 0 aliphatic heterocycles. The summed E-state index contributed by atoms with van der Waals surface area (Å²) in [6, 6.07) is 13.3. The van der Waals surface area contributed by atoms with Crippen LogP contribution in [0.5, 0.6) is 0 Å². The van der Waals surface area contributed by atoms with Gasteiger partial charge >= 0.3 is 0 Å². The molecule has 1 amide bonds. The van der Waals surface area contributed by atoms with E-state index < -0.39 is 0 Å². The number of nitrogens with two attached hydrogens (primary N) is 1. The molecule has 0 unspecified atom stereocenters. The highest BCUT2D eigenvalue weighted by Crippen LogP contribution is 2.11. The molecule has 0 fully saturated rings. The van der Waals surface area contributed by atoms with Gasteiger partial charge in [-0.1, -0.05) is 30.3 Å². The van der Waals surface area contributed by atoms with Gasteiger partial charge in [-0.2, -0.15) is 0 Å². The molecule has 0 saturated carbocycles. The highest BCUT2D eigenvalue weighted by molar-refractivity contribution is 5.91. The van der Waals surface area contributed by atoms with Crippen LogP contribution in [-0.2, 0) is 6.54 Å². The van der Waals surface area contributed by atoms with Crippen molar-refractivity contribution in [3.05, 3.63) is 60.1 Å². The van der Waals surface area contributed by atoms with Crippen molar-refractivity contribution in [3.8, 4) is 0 Å². The Hall–Kier alpha value is -2.07. The van der Waals surface area contributed by atoms with Crippen molar-refractivity contribution >= 4 is 5.91 Å². The molecule has 0 radical (unpaired) electrons. The first kappa shape index (κ1) is 13.4. The first-order chi connectivity index (χ1) is 9.31. The minimum absolute atomic E-state index is 0.0951. The third-order valence-corrected chi connectivity index (χ3v) is 2.87. The predicted octanol–water partition coefficient (Wildman–Crippen LogP) is 2.27. The van der Waals surface area contributed by atoms with E-state index in [1.165, 1.54) is 6.26 Å². The molecular weight excluding hydrogens is 240 g/mol. The maximum atomic E-state index is 12.3. The van der Waals surface area contributed by atoms with Crippen molar-refractivity contribution in [2.75, 3.05) is 13.1 Å². The molecule has 100 valence electrons. The number of carbonyl (C=O) groups excluding carboxylic acids is 1. The topological polar surface area (TPSA) is 59.5 Å². The van der Waals surface area contributed by atoms with Crippen LogP contribution in [0.25, 0.3) is 0 Å². The van der Waals surface area contributed by atoms with Gasteiger partial charge in [-0.05, 0) is 30.7 Å². The number of rotatable bonds is 6. The number of hydrogen-bond acceptors (Lipinski definition) is 3. The van der Waals surface area contributed by atoms with Crippen LogP contribution in [0.3, 0.4) is 0 Å². The Kier molecular flexibility index (Phi) is 4.75. The number of benzene rings is 1. The van der Waals surface area contributed by atoms with E-state index in [1.54, 1.807) is 17.0 Å². The van der Waals surface area contributed by atoms with Gasteiger partial charge in [0, 0.05) is 13.1 Å². The van der Waals surface area contributed by atoms with Crippen molar-refractivity contribution in [1.82, 2.24) is 4.90 Å². The van der Waals surface area contributed by atoms with Crippen molar-refractivity contribution in [2.45, 2.75) is 13.0 Å². The van der Waals surface area contributed by atoms with Gasteiger partial charge in [0.1, 0.15) is 0 Å². The first-order valence-electron chi connectivity index (χ1n) is 6.38. The molecule has 4 nitrogen and oxygen atoms in total. The van der Waals surface area contributed by atoms with E-state index in [1.807, 2.05) is 30.3 Å². The fraction of sp³-hybridized carbons (Fsp3) is 0.267. The summed E-state index contributed by atoms with van der Waals surface area (Å²) >= 11 is 0. The fourth-order valence-electron chi connectivity index (χ4n) is 1.89. The Morgan fingerprint density at radius 3 is 2.58 bits per heavy atom. The quantitative estimate of drug-likeness (QED) is 0.864. The molecule has 2 N–H and O–H groups in total. The van der Waals surface area contributed by atoms with Gasteiger partial charge in [-0.15, -0.1) is 0 Å². The Balaban J connectivity index is 2.09. The highest BCUT2D eigenvalue weighted by atomic mass is 16.3. The van der Waals surface area contributed by atoms with Crippen molar-refractivity contribution in [3.63, 3.8) is 0 Å². The second-order valence-electron chi connectivity index (χ2n) is 4.33. The number of carbonyl (C=O) groups is 1. The van der Waals surface area contributed by atoms with Gasteiger partial charge in [0.2, 0.25) is 0 Å². The van der Waals surface area contributed by atoms with Crippen LogP contribution < -0.4 is 5.73 Å². The summed E-state index contributed by atoms with van der Waals surface area (Å²) in [4.78, 5) is 14.1. The highest BCUT2D eigenvalue weighted by Gasteiger charge is 2.17. The minimum Gasteiger partial charge on any atom is -0.459 e. The summed E-state index contributed by atoms with van der Waals surface area (Å²) < 4.78 is 5.17. The van der Waals surface area contributed by atoms with E-state index in [9.17, 15) is 4.79 Å². The van der Waals surface area contributed by atoms with Crippen LogP contribution in [0.15, 0.2) is 53.1 Å². The van der Waals surface area contributed by atoms with Crippen LogP contribution in [0.4, 0.5) is 0 Å². The summed E-state index contributed by atoms with van der Waals surface area (Å²) in [5.74, 6) is 0.273. The van der Waals surface area contributed by atoms with Crippen molar-refractivity contribution in [2.24, 2.45) is 5.73 Å². The van der Waals surface area contributed by atoms with Gasteiger partial charge in [0.05, 0.1) is 6.26 Å². The lowest BCUT2D eigenvalue weighted by molar-refractivity contribution is 0.0710. The number of amides is 1. The molecule has 0 aliphatic carbocycles. The third-order valence-electron chi connectivity index (χ3n) is 2.87. The lowest BCUT2D eigenvalue weighted by atomic mass is 10.2. The zero-order valence-electron chi connectivity index (χ0n) is 10.8. The molecular formula is C15H18N2O2. The van der Waals surface area contributed by atoms with E-state index in [0.29, 0.717) is 25.4 Å². The van der Waals surface area contributed by atoms with E-state index >= 15 is 0 Å². The number of furan rings is 1. The van der Waals surface area contributed by atoms with Gasteiger partial charge in [0.15, 0.2) is 5.76 Å². The summed E-state index contributed by atoms with van der Waals surface area (Å²) in [5, 5.41) is 0. The summed E-state index contributed by atoms with van der Waals surface area (Å²) in [6.07, 6.45) is 2.29. The maximum Gasteiger partial charge on any atom is 0.289 e. The second-order valence-corrected chi connectivity index (χ2v) is 4.33. The lowest BCUT2D eigenvalue weighted by Crippen LogP contribution is -2.32. The molecule has 2 rings (SSSR count). The summed E-state index contributed by atoms with van der Waals surface area (Å²) in [5.41, 5.74) is 6.62. The molecule has 0 saturated heterocycles. The molecule has 19 heavy (non-hydrogen) atoms. The maximum absolute atomic E-state index is 12.3. The molecule has 4 heteroatoms. The molecule has 2 aromatic rings. The normalized spacial score (nSPS) is 10.4. The largest absolute Gasteiger partial charge is 0.459 e. The Morgan fingerprint density at radius 2 is 1.95 bits per heavy atom. The van der Waals surface area contributed by atoms with Crippen LogP contribution >= 0.6 is 0 Å². The fourth-order valence-corrected chi connectivity index (χ4v) is 1.89. The molecule has 0 bridgehead atoms. The van der Waals surface area contributed by atoms with Gasteiger partial charge < -0.3 is 15.1 Å². The van der Waals surface area contributed by atoms with E-state index in [4.69, 9.17) is 10.2 Å². The first-order valence-corrected chi connectivity index (χ1v) is 6.38. The van der Waals surface area contributed by atoms with E-state index in [0.717, 1.165) is 12.0 Å². The van der Waals surface area contributed by atoms with E-state index in [2.05, 4.69) is 0 Å². The zero-order chi connectivity index (χ0) is 13.5. The molecule has 1 aromatic carbocycles. The lowest BCUT2D eigenvalue weighted by Gasteiger charge is -2.21. The van der Waals surface area contributed by atoms with Crippen LogP contribution in [-0.4, -0.2) is 23.9 Å². The van der Waals surface area contributed by atoms with Gasteiger partial charge in [-0.3, -0.25) is 4.79 Å². The minimum atomic E-state index is -0.0951. The zero-order valence-corrected chi connectivity index (χ0v) is 10.8. The third kappa shape index (κ3) is 3.69.